The summed E-state index contributed by atoms with van der Waals surface area (Å²) in [5.74, 6) is 0. The lowest BCUT2D eigenvalue weighted by atomic mass is 10.1. The number of hydrogen-bond donors (Lipinski definition) is 1. The van der Waals surface area contributed by atoms with E-state index in [2.05, 4.69) is 11.8 Å². The third-order valence-corrected chi connectivity index (χ3v) is 3.23. The third kappa shape index (κ3) is 4.16. The molecular weight excluding hydrogens is 248 g/mol. The van der Waals surface area contributed by atoms with E-state index in [4.69, 9.17) is 22.1 Å². The predicted octanol–water partition coefficient (Wildman–Crippen LogP) is 3.22. The molecule has 0 aromatic heterocycles. The Morgan fingerprint density at radius 2 is 2.11 bits per heavy atom. The van der Waals surface area contributed by atoms with Crippen LogP contribution in [0.4, 0.5) is 5.69 Å². The van der Waals surface area contributed by atoms with Crippen LogP contribution in [-0.4, -0.2) is 26.3 Å². The van der Waals surface area contributed by atoms with Crippen LogP contribution in [0.3, 0.4) is 0 Å². The average Bonchev–Trinajstić information content (AvgIpc) is 2.35. The van der Waals surface area contributed by atoms with Crippen LogP contribution in [0, 0.1) is 0 Å². The molecular formula is C14H23ClN2O. The van der Waals surface area contributed by atoms with E-state index in [0.29, 0.717) is 0 Å². The maximum Gasteiger partial charge on any atom is 0.0642 e. The molecule has 3 nitrogen and oxygen atoms in total. The quantitative estimate of drug-likeness (QED) is 0.773. The lowest BCUT2D eigenvalue weighted by Gasteiger charge is -2.24. The van der Waals surface area contributed by atoms with Crippen molar-refractivity contribution in [2.45, 2.75) is 26.8 Å². The van der Waals surface area contributed by atoms with E-state index in [1.807, 2.05) is 32.0 Å². The molecule has 0 amide bonds. The zero-order chi connectivity index (χ0) is 13.5. The van der Waals surface area contributed by atoms with Crippen molar-refractivity contribution in [3.63, 3.8) is 0 Å². The van der Waals surface area contributed by atoms with Crippen LogP contribution in [0.25, 0.3) is 0 Å². The molecule has 1 atom stereocenters. The van der Waals surface area contributed by atoms with Crippen molar-refractivity contribution in [2.24, 2.45) is 5.73 Å². The van der Waals surface area contributed by atoms with Gasteiger partial charge >= 0.3 is 0 Å². The second-order valence-corrected chi connectivity index (χ2v) is 4.68. The molecule has 0 heterocycles. The largest absolute Gasteiger partial charge is 0.380 e. The zero-order valence-electron chi connectivity index (χ0n) is 11.4. The van der Waals surface area contributed by atoms with Crippen LogP contribution in [0.15, 0.2) is 18.2 Å². The van der Waals surface area contributed by atoms with Crippen LogP contribution in [0.5, 0.6) is 0 Å². The highest BCUT2D eigenvalue weighted by Crippen LogP contribution is 2.28. The Balaban J connectivity index is 2.79. The van der Waals surface area contributed by atoms with E-state index in [1.165, 1.54) is 0 Å². The minimum absolute atomic E-state index is 0.00931. The lowest BCUT2D eigenvalue weighted by Crippen LogP contribution is -2.27. The van der Waals surface area contributed by atoms with Gasteiger partial charge in [0.15, 0.2) is 0 Å². The van der Waals surface area contributed by atoms with E-state index < -0.39 is 0 Å². The summed E-state index contributed by atoms with van der Waals surface area (Å²) in [5, 5.41) is 0.753. The van der Waals surface area contributed by atoms with E-state index in [0.717, 1.165) is 42.6 Å². The number of ether oxygens (including phenoxy) is 1. The molecule has 1 aromatic carbocycles. The first-order valence-corrected chi connectivity index (χ1v) is 6.85. The molecule has 4 heteroatoms. The van der Waals surface area contributed by atoms with E-state index in [-0.39, 0.29) is 6.04 Å². The number of anilines is 1. The third-order valence-electron chi connectivity index (χ3n) is 2.93. The molecule has 0 fully saturated rings. The Labute approximate surface area is 115 Å². The van der Waals surface area contributed by atoms with Crippen molar-refractivity contribution >= 4 is 17.3 Å². The van der Waals surface area contributed by atoms with Gasteiger partial charge in [0.25, 0.3) is 0 Å². The van der Waals surface area contributed by atoms with E-state index in [1.54, 1.807) is 0 Å². The number of benzene rings is 1. The van der Waals surface area contributed by atoms with Gasteiger partial charge in [-0.1, -0.05) is 17.7 Å². The van der Waals surface area contributed by atoms with Crippen molar-refractivity contribution < 1.29 is 4.74 Å². The number of nitrogens with zero attached hydrogens (tertiary/aromatic N) is 1. The smallest absolute Gasteiger partial charge is 0.0642 e. The molecule has 102 valence electrons. The summed E-state index contributed by atoms with van der Waals surface area (Å²) in [5.41, 5.74) is 7.95. The molecule has 0 saturated heterocycles. The molecule has 2 N–H and O–H groups in total. The fraction of sp³-hybridized carbons (Fsp3) is 0.571. The maximum atomic E-state index is 6.32. The van der Waals surface area contributed by atoms with Crippen LogP contribution in [0.2, 0.25) is 5.02 Å². The Hall–Kier alpha value is -0.770. The Kier molecular flexibility index (Phi) is 6.47. The molecule has 0 aliphatic carbocycles. The first-order valence-electron chi connectivity index (χ1n) is 6.47. The molecule has 0 aliphatic rings. The molecule has 0 unspecified atom stereocenters. The number of hydrogen-bond acceptors (Lipinski definition) is 3. The average molecular weight is 271 g/mol. The van der Waals surface area contributed by atoms with Gasteiger partial charge in [-0.15, -0.1) is 0 Å². The summed E-state index contributed by atoms with van der Waals surface area (Å²) in [4.78, 5) is 2.21. The highest BCUT2D eigenvalue weighted by atomic mass is 35.5. The summed E-state index contributed by atoms with van der Waals surface area (Å²) >= 11 is 6.32. The van der Waals surface area contributed by atoms with Crippen molar-refractivity contribution in [3.05, 3.63) is 28.8 Å². The second-order valence-electron chi connectivity index (χ2n) is 4.28. The Morgan fingerprint density at radius 1 is 1.39 bits per heavy atom. The topological polar surface area (TPSA) is 38.5 Å². The SMILES string of the molecule is CCOCCN(CC)c1ccc([C@@H](C)N)cc1Cl. The molecule has 0 radical (unpaired) electrons. The van der Waals surface area contributed by atoms with E-state index in [9.17, 15) is 0 Å². The van der Waals surface area contributed by atoms with Crippen molar-refractivity contribution in [1.29, 1.82) is 0 Å². The molecule has 18 heavy (non-hydrogen) atoms. The number of rotatable bonds is 7. The summed E-state index contributed by atoms with van der Waals surface area (Å²) in [6.07, 6.45) is 0. The normalized spacial score (nSPS) is 12.5. The predicted molar refractivity (Wildman–Crippen MR) is 78.4 cm³/mol. The molecule has 1 rings (SSSR count). The monoisotopic (exact) mass is 270 g/mol. The van der Waals surface area contributed by atoms with Gasteiger partial charge in [-0.05, 0) is 38.5 Å². The van der Waals surface area contributed by atoms with Gasteiger partial charge < -0.3 is 15.4 Å². The minimum atomic E-state index is 0.00931. The number of likely N-dealkylation sites (N-methyl/N-ethyl adjacent to an activating group) is 1. The summed E-state index contributed by atoms with van der Waals surface area (Å²) in [6, 6.07) is 6.03. The van der Waals surface area contributed by atoms with Crippen LogP contribution >= 0.6 is 11.6 Å². The maximum absolute atomic E-state index is 6.32. The van der Waals surface area contributed by atoms with Gasteiger partial charge in [0.2, 0.25) is 0 Å². The zero-order valence-corrected chi connectivity index (χ0v) is 12.2. The molecule has 0 saturated carbocycles. The van der Waals surface area contributed by atoms with Crippen LogP contribution in [-0.2, 0) is 4.74 Å². The van der Waals surface area contributed by atoms with Crippen LogP contribution < -0.4 is 10.6 Å². The summed E-state index contributed by atoms with van der Waals surface area (Å²) in [6.45, 7) is 9.29. The standard InChI is InChI=1S/C14H23ClN2O/c1-4-17(8-9-18-5-2)14-7-6-12(11(3)16)10-13(14)15/h6-7,10-11H,4-5,8-9,16H2,1-3H3/t11-/m1/s1. The highest BCUT2D eigenvalue weighted by molar-refractivity contribution is 6.33. The van der Waals surface area contributed by atoms with Gasteiger partial charge in [0.05, 0.1) is 17.3 Å². The van der Waals surface area contributed by atoms with E-state index >= 15 is 0 Å². The molecule has 1 aromatic rings. The van der Waals surface area contributed by atoms with Gasteiger partial charge in [-0.25, -0.2) is 0 Å². The van der Waals surface area contributed by atoms with Gasteiger partial charge in [0, 0.05) is 25.7 Å². The Bertz CT molecular complexity index is 369. The Morgan fingerprint density at radius 3 is 2.61 bits per heavy atom. The second kappa shape index (κ2) is 7.62. The lowest BCUT2D eigenvalue weighted by molar-refractivity contribution is 0.154. The van der Waals surface area contributed by atoms with Gasteiger partial charge in [0.1, 0.15) is 0 Å². The molecule has 0 aliphatic heterocycles. The fourth-order valence-corrected chi connectivity index (χ4v) is 2.14. The highest BCUT2D eigenvalue weighted by Gasteiger charge is 2.10. The first-order chi connectivity index (χ1) is 8.60. The fourth-order valence-electron chi connectivity index (χ4n) is 1.83. The molecule has 0 bridgehead atoms. The van der Waals surface area contributed by atoms with Gasteiger partial charge in [-0.2, -0.15) is 0 Å². The first kappa shape index (κ1) is 15.3. The van der Waals surface area contributed by atoms with Gasteiger partial charge in [-0.3, -0.25) is 0 Å². The van der Waals surface area contributed by atoms with Crippen molar-refractivity contribution in [3.8, 4) is 0 Å². The van der Waals surface area contributed by atoms with Crippen molar-refractivity contribution in [1.82, 2.24) is 0 Å². The van der Waals surface area contributed by atoms with Crippen molar-refractivity contribution in [2.75, 3.05) is 31.2 Å². The summed E-state index contributed by atoms with van der Waals surface area (Å²) in [7, 11) is 0. The molecule has 0 spiro atoms. The number of nitrogens with two attached hydrogens (primary N) is 1. The summed E-state index contributed by atoms with van der Waals surface area (Å²) < 4.78 is 5.38. The van der Waals surface area contributed by atoms with Crippen LogP contribution in [0.1, 0.15) is 32.4 Å². The minimum Gasteiger partial charge on any atom is -0.380 e. The number of halogens is 1.